The Bertz CT molecular complexity index is 857. The summed E-state index contributed by atoms with van der Waals surface area (Å²) in [6, 6.07) is 5.27. The van der Waals surface area contributed by atoms with Crippen molar-refractivity contribution in [2.75, 3.05) is 26.2 Å². The Morgan fingerprint density at radius 1 is 1.12 bits per heavy atom. The van der Waals surface area contributed by atoms with Crippen LogP contribution in [0.5, 0.6) is 0 Å². The molecule has 2 amide bonds. The van der Waals surface area contributed by atoms with Gasteiger partial charge in [0.05, 0.1) is 11.9 Å². The van der Waals surface area contributed by atoms with Crippen LogP contribution in [0, 0.1) is 5.92 Å². The minimum atomic E-state index is -0.495. The zero-order valence-electron chi connectivity index (χ0n) is 14.0. The lowest BCUT2D eigenvalue weighted by Crippen LogP contribution is -2.52. The number of carbonyl (C=O) groups is 2. The first-order valence-corrected chi connectivity index (χ1v) is 8.78. The second-order valence-electron chi connectivity index (χ2n) is 6.86. The molecule has 0 radical (unpaired) electrons. The van der Waals surface area contributed by atoms with Crippen LogP contribution in [0.25, 0.3) is 11.1 Å². The normalized spacial score (nSPS) is 18.4. The van der Waals surface area contributed by atoms with Crippen molar-refractivity contribution in [1.82, 2.24) is 14.8 Å². The first-order valence-electron chi connectivity index (χ1n) is 8.78. The minimum Gasteiger partial charge on any atom is -0.408 e. The van der Waals surface area contributed by atoms with Gasteiger partial charge in [0.1, 0.15) is 0 Å². The lowest BCUT2D eigenvalue weighted by molar-refractivity contribution is -0.143. The van der Waals surface area contributed by atoms with Gasteiger partial charge >= 0.3 is 5.76 Å². The van der Waals surface area contributed by atoms with Crippen LogP contribution >= 0.6 is 0 Å². The molecule has 0 bridgehead atoms. The molecule has 7 nitrogen and oxygen atoms in total. The van der Waals surface area contributed by atoms with Gasteiger partial charge in [0.2, 0.25) is 11.8 Å². The first-order chi connectivity index (χ1) is 12.1. The van der Waals surface area contributed by atoms with E-state index in [0.717, 1.165) is 24.8 Å². The molecule has 0 spiro atoms. The summed E-state index contributed by atoms with van der Waals surface area (Å²) in [5.74, 6) is 0.0190. The Morgan fingerprint density at radius 3 is 2.52 bits per heavy atom. The molecule has 1 aliphatic carbocycles. The van der Waals surface area contributed by atoms with E-state index in [4.69, 9.17) is 4.42 Å². The van der Waals surface area contributed by atoms with Crippen molar-refractivity contribution < 1.29 is 14.0 Å². The van der Waals surface area contributed by atoms with Gasteiger partial charge in [-0.1, -0.05) is 12.5 Å². The minimum absolute atomic E-state index is 0.0425. The molecule has 1 N–H and O–H groups in total. The van der Waals surface area contributed by atoms with Crippen molar-refractivity contribution in [3.63, 3.8) is 0 Å². The van der Waals surface area contributed by atoms with Gasteiger partial charge in [0, 0.05) is 32.1 Å². The van der Waals surface area contributed by atoms with Crippen molar-refractivity contribution in [1.29, 1.82) is 0 Å². The number of hydrogen-bond acceptors (Lipinski definition) is 4. The molecule has 0 atom stereocenters. The van der Waals surface area contributed by atoms with E-state index in [2.05, 4.69) is 4.98 Å². The Kier molecular flexibility index (Phi) is 4.07. The van der Waals surface area contributed by atoms with E-state index in [9.17, 15) is 14.4 Å². The molecular weight excluding hydrogens is 322 g/mol. The molecule has 132 valence electrons. The third-order valence-electron chi connectivity index (χ3n) is 5.24. The predicted octanol–water partition coefficient (Wildman–Crippen LogP) is 1.13. The van der Waals surface area contributed by atoms with E-state index >= 15 is 0 Å². The van der Waals surface area contributed by atoms with E-state index in [-0.39, 0.29) is 24.2 Å². The molecule has 2 heterocycles. The number of rotatable bonds is 3. The summed E-state index contributed by atoms with van der Waals surface area (Å²) in [5, 5.41) is 0. The summed E-state index contributed by atoms with van der Waals surface area (Å²) < 4.78 is 4.97. The number of H-pyrrole nitrogens is 1. The van der Waals surface area contributed by atoms with Gasteiger partial charge in [-0.05, 0) is 30.5 Å². The van der Waals surface area contributed by atoms with Crippen LogP contribution in [0.1, 0.15) is 24.8 Å². The fourth-order valence-electron chi connectivity index (χ4n) is 3.49. The number of fused-ring (bicyclic) bond motifs is 1. The first kappa shape index (κ1) is 15.9. The molecule has 25 heavy (non-hydrogen) atoms. The number of oxazole rings is 1. The maximum absolute atomic E-state index is 12.5. The van der Waals surface area contributed by atoms with Gasteiger partial charge in [-0.25, -0.2) is 4.79 Å². The fraction of sp³-hybridized carbons (Fsp3) is 0.500. The second-order valence-corrected chi connectivity index (χ2v) is 6.86. The summed E-state index contributed by atoms with van der Waals surface area (Å²) >= 11 is 0. The molecule has 2 aromatic rings. The highest BCUT2D eigenvalue weighted by molar-refractivity contribution is 5.82. The lowest BCUT2D eigenvalue weighted by atomic mass is 9.84. The topological polar surface area (TPSA) is 86.6 Å². The number of carbonyl (C=O) groups excluding carboxylic acids is 2. The molecule has 1 aromatic carbocycles. The molecule has 4 rings (SSSR count). The van der Waals surface area contributed by atoms with Crippen LogP contribution in [-0.2, 0) is 16.0 Å². The van der Waals surface area contributed by atoms with E-state index in [0.29, 0.717) is 37.3 Å². The number of nitrogens with zero attached hydrogens (tertiary/aromatic N) is 2. The standard InChI is InChI=1S/C18H21N3O4/c22-16(11-12-4-5-15-14(10-12)19-18(24)25-15)20-6-8-21(9-7-20)17(23)13-2-1-3-13/h4-5,10,13H,1-3,6-9,11H2,(H,19,24). The maximum atomic E-state index is 12.5. The molecule has 1 aromatic heterocycles. The van der Waals surface area contributed by atoms with Gasteiger partial charge < -0.3 is 14.2 Å². The van der Waals surface area contributed by atoms with Crippen molar-refractivity contribution in [3.8, 4) is 0 Å². The van der Waals surface area contributed by atoms with E-state index in [1.165, 1.54) is 0 Å². The Morgan fingerprint density at radius 2 is 1.84 bits per heavy atom. The second kappa shape index (κ2) is 6.38. The summed E-state index contributed by atoms with van der Waals surface area (Å²) in [6.07, 6.45) is 3.45. The number of nitrogens with one attached hydrogen (secondary N) is 1. The van der Waals surface area contributed by atoms with Crippen molar-refractivity contribution in [2.45, 2.75) is 25.7 Å². The van der Waals surface area contributed by atoms with Gasteiger partial charge in [0.15, 0.2) is 5.58 Å². The van der Waals surface area contributed by atoms with E-state index < -0.39 is 5.76 Å². The Labute approximate surface area is 144 Å². The third kappa shape index (κ3) is 3.18. The number of amides is 2. The average molecular weight is 343 g/mol. The molecule has 2 fully saturated rings. The molecule has 1 aliphatic heterocycles. The number of aromatic nitrogens is 1. The third-order valence-corrected chi connectivity index (χ3v) is 5.24. The van der Waals surface area contributed by atoms with Crippen LogP contribution in [-0.4, -0.2) is 52.8 Å². The highest BCUT2D eigenvalue weighted by Crippen LogP contribution is 2.28. The SMILES string of the molecule is O=C(Cc1ccc2oc(=O)[nH]c2c1)N1CCN(C(=O)C2CCC2)CC1. The monoisotopic (exact) mass is 343 g/mol. The average Bonchev–Trinajstić information content (AvgIpc) is 2.92. The summed E-state index contributed by atoms with van der Waals surface area (Å²) in [7, 11) is 0. The van der Waals surface area contributed by atoms with E-state index in [1.54, 1.807) is 18.2 Å². The highest BCUT2D eigenvalue weighted by Gasteiger charge is 2.31. The number of piperazine rings is 1. The lowest BCUT2D eigenvalue weighted by Gasteiger charge is -2.38. The fourth-order valence-corrected chi connectivity index (χ4v) is 3.49. The number of aromatic amines is 1. The van der Waals surface area contributed by atoms with Gasteiger partial charge in [-0.15, -0.1) is 0 Å². The zero-order valence-corrected chi connectivity index (χ0v) is 14.0. The van der Waals surface area contributed by atoms with E-state index in [1.807, 2.05) is 9.80 Å². The molecule has 7 heteroatoms. The van der Waals surface area contributed by atoms with Crippen LogP contribution in [0.15, 0.2) is 27.4 Å². The smallest absolute Gasteiger partial charge is 0.408 e. The van der Waals surface area contributed by atoms with Crippen LogP contribution < -0.4 is 5.76 Å². The number of benzene rings is 1. The molecule has 1 saturated heterocycles. The van der Waals surface area contributed by atoms with Crippen LogP contribution in [0.4, 0.5) is 0 Å². The quantitative estimate of drug-likeness (QED) is 0.905. The van der Waals surface area contributed by atoms with Crippen LogP contribution in [0.3, 0.4) is 0 Å². The zero-order chi connectivity index (χ0) is 17.4. The molecule has 1 saturated carbocycles. The molecule has 2 aliphatic rings. The van der Waals surface area contributed by atoms with Gasteiger partial charge in [-0.2, -0.15) is 0 Å². The highest BCUT2D eigenvalue weighted by atomic mass is 16.4. The van der Waals surface area contributed by atoms with Crippen LogP contribution in [0.2, 0.25) is 0 Å². The Hall–Kier alpha value is -2.57. The Balaban J connectivity index is 1.35. The van der Waals surface area contributed by atoms with Crippen molar-refractivity contribution >= 4 is 22.9 Å². The summed E-state index contributed by atoms with van der Waals surface area (Å²) in [6.45, 7) is 2.41. The maximum Gasteiger partial charge on any atom is 0.417 e. The van der Waals surface area contributed by atoms with Crippen molar-refractivity contribution in [2.24, 2.45) is 5.92 Å². The number of hydrogen-bond donors (Lipinski definition) is 1. The molecule has 0 unspecified atom stereocenters. The largest absolute Gasteiger partial charge is 0.417 e. The summed E-state index contributed by atoms with van der Waals surface area (Å²) in [4.78, 5) is 42.3. The summed E-state index contributed by atoms with van der Waals surface area (Å²) in [5.41, 5.74) is 1.93. The van der Waals surface area contributed by atoms with Crippen molar-refractivity contribution in [3.05, 3.63) is 34.3 Å². The van der Waals surface area contributed by atoms with Gasteiger partial charge in [0.25, 0.3) is 0 Å². The predicted molar refractivity (Wildman–Crippen MR) is 91.0 cm³/mol. The van der Waals surface area contributed by atoms with Gasteiger partial charge in [-0.3, -0.25) is 14.6 Å². The molecular formula is C18H21N3O4.